The van der Waals surface area contributed by atoms with Gasteiger partial charge >= 0.3 is 6.09 Å². The number of rotatable bonds is 7. The van der Waals surface area contributed by atoms with Gasteiger partial charge in [-0.3, -0.25) is 4.79 Å². The number of amides is 2. The molecule has 0 fully saturated rings. The molecule has 0 spiro atoms. The van der Waals surface area contributed by atoms with Crippen molar-refractivity contribution in [1.29, 1.82) is 10.5 Å². The van der Waals surface area contributed by atoms with Crippen LogP contribution in [0, 0.1) is 22.7 Å². The van der Waals surface area contributed by atoms with Crippen LogP contribution in [-0.2, 0) is 9.53 Å². The predicted molar refractivity (Wildman–Crippen MR) is 94.6 cm³/mol. The highest BCUT2D eigenvalue weighted by atomic mass is 16.5. The molecule has 2 amide bonds. The number of ether oxygens (including phenoxy) is 1. The van der Waals surface area contributed by atoms with E-state index in [4.69, 9.17) is 15.3 Å². The van der Waals surface area contributed by atoms with Crippen LogP contribution in [0.15, 0.2) is 42.5 Å². The number of hydrogen-bond donors (Lipinski definition) is 2. The summed E-state index contributed by atoms with van der Waals surface area (Å²) in [6, 6.07) is 16.4. The standard InChI is InChI=1S/C19H18N4O3/c20-8-3-10-22-18(24)13-17(23-19(25)26-11-9-21)16-7-6-14-4-1-2-5-15(14)12-16/h1-2,4-7,12,17H,3,10-11,13H2,(H,22,24)(H,23,25). The zero-order valence-corrected chi connectivity index (χ0v) is 14.1. The summed E-state index contributed by atoms with van der Waals surface area (Å²) in [6.07, 6.45) is -0.565. The number of nitrogens with one attached hydrogen (secondary N) is 2. The van der Waals surface area contributed by atoms with Crippen molar-refractivity contribution in [3.8, 4) is 12.1 Å². The van der Waals surface area contributed by atoms with E-state index in [9.17, 15) is 9.59 Å². The highest BCUT2D eigenvalue weighted by Crippen LogP contribution is 2.23. The Labute approximate surface area is 151 Å². The first-order chi connectivity index (χ1) is 12.6. The third-order valence-electron chi connectivity index (χ3n) is 3.68. The molecule has 7 heteroatoms. The van der Waals surface area contributed by atoms with Crippen molar-refractivity contribution in [3.05, 3.63) is 48.0 Å². The van der Waals surface area contributed by atoms with Gasteiger partial charge in [0.15, 0.2) is 6.61 Å². The lowest BCUT2D eigenvalue weighted by molar-refractivity contribution is -0.121. The topological polar surface area (TPSA) is 115 Å². The summed E-state index contributed by atoms with van der Waals surface area (Å²) in [4.78, 5) is 23.9. The monoisotopic (exact) mass is 350 g/mol. The summed E-state index contributed by atoms with van der Waals surface area (Å²) >= 11 is 0. The van der Waals surface area contributed by atoms with E-state index in [0.29, 0.717) is 0 Å². The van der Waals surface area contributed by atoms with Crippen LogP contribution in [0.4, 0.5) is 4.79 Å². The van der Waals surface area contributed by atoms with E-state index in [-0.39, 0.29) is 31.9 Å². The van der Waals surface area contributed by atoms with Gasteiger partial charge < -0.3 is 15.4 Å². The fourth-order valence-electron chi connectivity index (χ4n) is 2.47. The van der Waals surface area contributed by atoms with Crippen molar-refractivity contribution < 1.29 is 14.3 Å². The van der Waals surface area contributed by atoms with Crippen molar-refractivity contribution >= 4 is 22.8 Å². The van der Waals surface area contributed by atoms with E-state index in [0.717, 1.165) is 16.3 Å². The molecule has 0 aliphatic rings. The highest BCUT2D eigenvalue weighted by Gasteiger charge is 2.19. The Kier molecular flexibility index (Phi) is 6.96. The van der Waals surface area contributed by atoms with Crippen molar-refractivity contribution in [2.45, 2.75) is 18.9 Å². The Hall–Kier alpha value is -3.58. The molecule has 2 rings (SSSR count). The molecule has 0 aliphatic carbocycles. The second kappa shape index (κ2) is 9.65. The molecule has 0 heterocycles. The molecule has 1 unspecified atom stereocenters. The van der Waals surface area contributed by atoms with E-state index in [1.807, 2.05) is 48.5 Å². The lowest BCUT2D eigenvalue weighted by atomic mass is 9.99. The van der Waals surface area contributed by atoms with Gasteiger partial charge in [-0.1, -0.05) is 36.4 Å². The van der Waals surface area contributed by atoms with Crippen molar-refractivity contribution in [2.75, 3.05) is 13.2 Å². The molecule has 0 aliphatic heterocycles. The van der Waals surface area contributed by atoms with Crippen LogP contribution in [0.25, 0.3) is 10.8 Å². The average Bonchev–Trinajstić information content (AvgIpc) is 2.65. The third-order valence-corrected chi connectivity index (χ3v) is 3.68. The molecular weight excluding hydrogens is 332 g/mol. The minimum absolute atomic E-state index is 0.00851. The van der Waals surface area contributed by atoms with Gasteiger partial charge in [0, 0.05) is 6.54 Å². The van der Waals surface area contributed by atoms with Crippen LogP contribution in [-0.4, -0.2) is 25.2 Å². The van der Waals surface area contributed by atoms with Gasteiger partial charge in [-0.2, -0.15) is 10.5 Å². The maximum Gasteiger partial charge on any atom is 0.408 e. The van der Waals surface area contributed by atoms with E-state index in [1.54, 1.807) is 6.07 Å². The van der Waals surface area contributed by atoms with Gasteiger partial charge in [-0.25, -0.2) is 4.79 Å². The molecule has 2 aromatic rings. The van der Waals surface area contributed by atoms with Gasteiger partial charge in [0.05, 0.1) is 25.0 Å². The number of alkyl carbamates (subject to hydrolysis) is 1. The number of carbonyl (C=O) groups excluding carboxylic acids is 2. The summed E-state index contributed by atoms with van der Waals surface area (Å²) < 4.78 is 4.72. The summed E-state index contributed by atoms with van der Waals surface area (Å²) in [5.74, 6) is -0.293. The van der Waals surface area contributed by atoms with Crippen LogP contribution in [0.5, 0.6) is 0 Å². The second-order valence-electron chi connectivity index (χ2n) is 5.50. The zero-order valence-electron chi connectivity index (χ0n) is 14.1. The van der Waals surface area contributed by atoms with Crippen LogP contribution >= 0.6 is 0 Å². The zero-order chi connectivity index (χ0) is 18.8. The number of carbonyl (C=O) groups is 2. The molecule has 1 atom stereocenters. The molecule has 0 bridgehead atoms. The van der Waals surface area contributed by atoms with Crippen LogP contribution in [0.1, 0.15) is 24.4 Å². The number of nitrogens with zero attached hydrogens (tertiary/aromatic N) is 2. The average molecular weight is 350 g/mol. The molecular formula is C19H18N4O3. The normalized spacial score (nSPS) is 11.0. The highest BCUT2D eigenvalue weighted by molar-refractivity contribution is 5.84. The van der Waals surface area contributed by atoms with Gasteiger partial charge in [-0.05, 0) is 22.4 Å². The largest absolute Gasteiger partial charge is 0.434 e. The summed E-state index contributed by atoms with van der Waals surface area (Å²) in [6.45, 7) is -0.122. The molecule has 0 radical (unpaired) electrons. The first-order valence-electron chi connectivity index (χ1n) is 8.06. The molecule has 2 N–H and O–H groups in total. The van der Waals surface area contributed by atoms with E-state index in [1.165, 1.54) is 0 Å². The van der Waals surface area contributed by atoms with Crippen LogP contribution in [0.3, 0.4) is 0 Å². The maximum absolute atomic E-state index is 12.1. The maximum atomic E-state index is 12.1. The summed E-state index contributed by atoms with van der Waals surface area (Å²) in [5, 5.41) is 24.3. The minimum atomic E-state index is -0.769. The Morgan fingerprint density at radius 3 is 2.58 bits per heavy atom. The Bertz CT molecular complexity index is 867. The SMILES string of the molecule is N#CCCNC(=O)CC(NC(=O)OCC#N)c1ccc2ccccc2c1. The first kappa shape index (κ1) is 18.8. The summed E-state index contributed by atoms with van der Waals surface area (Å²) in [7, 11) is 0. The second-order valence-corrected chi connectivity index (χ2v) is 5.50. The van der Waals surface area contributed by atoms with Crippen molar-refractivity contribution in [2.24, 2.45) is 0 Å². The summed E-state index contributed by atoms with van der Waals surface area (Å²) in [5.41, 5.74) is 0.744. The predicted octanol–water partition coefficient (Wildman–Crippen LogP) is 2.55. The van der Waals surface area contributed by atoms with Gasteiger partial charge in [0.2, 0.25) is 5.91 Å². The van der Waals surface area contributed by atoms with Crippen LogP contribution < -0.4 is 10.6 Å². The van der Waals surface area contributed by atoms with Gasteiger partial charge in [-0.15, -0.1) is 0 Å². The number of nitriles is 2. The fourth-order valence-corrected chi connectivity index (χ4v) is 2.47. The van der Waals surface area contributed by atoms with E-state index in [2.05, 4.69) is 10.6 Å². The van der Waals surface area contributed by atoms with Crippen molar-refractivity contribution in [3.63, 3.8) is 0 Å². The lowest BCUT2D eigenvalue weighted by Gasteiger charge is -2.19. The molecule has 0 aromatic heterocycles. The Morgan fingerprint density at radius 2 is 1.85 bits per heavy atom. The molecule has 26 heavy (non-hydrogen) atoms. The third kappa shape index (κ3) is 5.50. The van der Waals surface area contributed by atoms with Crippen molar-refractivity contribution in [1.82, 2.24) is 10.6 Å². The number of hydrogen-bond acceptors (Lipinski definition) is 5. The molecule has 0 saturated carbocycles. The Morgan fingerprint density at radius 1 is 1.08 bits per heavy atom. The van der Waals surface area contributed by atoms with Gasteiger partial charge in [0.25, 0.3) is 0 Å². The molecule has 7 nitrogen and oxygen atoms in total. The van der Waals surface area contributed by atoms with Gasteiger partial charge in [0.1, 0.15) is 6.07 Å². The van der Waals surface area contributed by atoms with Crippen LogP contribution in [0.2, 0.25) is 0 Å². The van der Waals surface area contributed by atoms with E-state index >= 15 is 0 Å². The lowest BCUT2D eigenvalue weighted by Crippen LogP contribution is -2.34. The fraction of sp³-hybridized carbons (Fsp3) is 0.263. The number of benzene rings is 2. The Balaban J connectivity index is 2.17. The van der Waals surface area contributed by atoms with E-state index < -0.39 is 12.1 Å². The molecule has 0 saturated heterocycles. The first-order valence-corrected chi connectivity index (χ1v) is 8.06. The quantitative estimate of drug-likeness (QED) is 0.745. The molecule has 132 valence electrons. The number of fused-ring (bicyclic) bond motifs is 1. The minimum Gasteiger partial charge on any atom is -0.434 e. The smallest absolute Gasteiger partial charge is 0.408 e. The molecule has 2 aromatic carbocycles.